The second-order valence-corrected chi connectivity index (χ2v) is 7.82. The molecule has 0 saturated carbocycles. The number of aromatic nitrogens is 5. The third-order valence-corrected chi connectivity index (χ3v) is 5.54. The highest BCUT2D eigenvalue weighted by Crippen LogP contribution is 2.28. The lowest BCUT2D eigenvalue weighted by atomic mass is 10.1. The quantitative estimate of drug-likeness (QED) is 0.485. The molecule has 4 heterocycles. The monoisotopic (exact) mass is 438 g/mol. The lowest BCUT2D eigenvalue weighted by Crippen LogP contribution is -2.26. The molecule has 0 amide bonds. The van der Waals surface area contributed by atoms with Gasteiger partial charge in [-0.25, -0.2) is 9.97 Å². The van der Waals surface area contributed by atoms with Gasteiger partial charge in [-0.1, -0.05) is 0 Å². The smallest absolute Gasteiger partial charge is 0.137 e. The van der Waals surface area contributed by atoms with Gasteiger partial charge in [0.1, 0.15) is 23.7 Å². The molecule has 1 aromatic carbocycles. The highest BCUT2D eigenvalue weighted by Gasteiger charge is 2.17. The first kappa shape index (κ1) is 20.8. The number of nitrogens with zero attached hydrogens (tertiary/aromatic N) is 5. The van der Waals surface area contributed by atoms with Crippen molar-refractivity contribution in [3.8, 4) is 34.3 Å². The van der Waals surface area contributed by atoms with Gasteiger partial charge in [-0.05, 0) is 42.0 Å². The molecule has 1 aliphatic rings. The van der Waals surface area contributed by atoms with Gasteiger partial charge in [-0.3, -0.25) is 10.1 Å². The van der Waals surface area contributed by atoms with Crippen molar-refractivity contribution in [1.82, 2.24) is 25.1 Å². The number of pyridine rings is 1. The van der Waals surface area contributed by atoms with Crippen LogP contribution >= 0.6 is 0 Å². The molecule has 4 aromatic rings. The molecule has 0 bridgehead atoms. The second kappa shape index (κ2) is 9.59. The Morgan fingerprint density at radius 3 is 2.73 bits per heavy atom. The molecule has 164 valence electrons. The van der Waals surface area contributed by atoms with Crippen molar-refractivity contribution in [2.45, 2.75) is 25.4 Å². The van der Waals surface area contributed by atoms with Crippen molar-refractivity contribution >= 4 is 0 Å². The fourth-order valence-electron chi connectivity index (χ4n) is 3.81. The van der Waals surface area contributed by atoms with Crippen LogP contribution in [0.1, 0.15) is 29.8 Å². The van der Waals surface area contributed by atoms with Crippen molar-refractivity contribution in [2.75, 3.05) is 13.2 Å². The van der Waals surface area contributed by atoms with Gasteiger partial charge < -0.3 is 9.47 Å². The van der Waals surface area contributed by atoms with Crippen LogP contribution in [0.15, 0.2) is 61.2 Å². The van der Waals surface area contributed by atoms with Crippen molar-refractivity contribution in [3.05, 3.63) is 78.1 Å². The number of nitrogens with one attached hydrogen (secondary N) is 1. The van der Waals surface area contributed by atoms with Crippen molar-refractivity contribution < 1.29 is 9.47 Å². The van der Waals surface area contributed by atoms with Crippen LogP contribution in [0.5, 0.6) is 5.75 Å². The summed E-state index contributed by atoms with van der Waals surface area (Å²) in [7, 11) is 0. The summed E-state index contributed by atoms with van der Waals surface area (Å²) in [5, 5.41) is 16.5. The Balaban J connectivity index is 1.36. The number of aromatic amines is 1. The highest BCUT2D eigenvalue weighted by molar-refractivity contribution is 5.64. The molecule has 3 aromatic heterocycles. The third-order valence-electron chi connectivity index (χ3n) is 5.54. The van der Waals surface area contributed by atoms with Crippen LogP contribution in [0.25, 0.3) is 22.5 Å². The zero-order valence-electron chi connectivity index (χ0n) is 17.9. The molecular weight excluding hydrogens is 416 g/mol. The van der Waals surface area contributed by atoms with Crippen LogP contribution in [-0.4, -0.2) is 44.5 Å². The molecule has 8 nitrogen and oxygen atoms in total. The molecule has 0 aliphatic carbocycles. The van der Waals surface area contributed by atoms with Gasteiger partial charge in [0, 0.05) is 49.0 Å². The number of benzene rings is 1. The van der Waals surface area contributed by atoms with E-state index in [1.54, 1.807) is 18.6 Å². The molecular formula is C25H22N6O2. The van der Waals surface area contributed by atoms with Crippen LogP contribution in [0.3, 0.4) is 0 Å². The lowest BCUT2D eigenvalue weighted by molar-refractivity contribution is 0.0254. The Labute approximate surface area is 191 Å². The molecule has 5 rings (SSSR count). The van der Waals surface area contributed by atoms with Crippen molar-refractivity contribution in [2.24, 2.45) is 0 Å². The van der Waals surface area contributed by atoms with E-state index >= 15 is 0 Å². The predicted molar refractivity (Wildman–Crippen MR) is 121 cm³/mol. The number of ether oxygens (including phenoxy) is 2. The van der Waals surface area contributed by atoms with Gasteiger partial charge in [-0.15, -0.1) is 0 Å². The maximum atomic E-state index is 9.67. The second-order valence-electron chi connectivity index (χ2n) is 7.82. The topological polar surface area (TPSA) is 110 Å². The van der Waals surface area contributed by atoms with Gasteiger partial charge in [0.25, 0.3) is 0 Å². The first-order valence-electron chi connectivity index (χ1n) is 10.8. The minimum atomic E-state index is 0.0784. The van der Waals surface area contributed by atoms with E-state index in [0.717, 1.165) is 40.9 Å². The molecule has 0 unspecified atom stereocenters. The standard InChI is InChI=1S/C25H22N6O2/c26-14-19-13-18(1-2-24(19)33-21-5-9-32-10-6-21)22-4-8-28-25(31-22)12-17-3-7-27-23(11-17)20-15-29-30-16-20/h1-4,7-8,11,13,15-16,21H,5-6,9-10,12H2,(H,29,30). The van der Waals surface area contributed by atoms with E-state index in [2.05, 4.69) is 26.2 Å². The number of hydrogen-bond donors (Lipinski definition) is 1. The van der Waals surface area contributed by atoms with Crippen LogP contribution in [-0.2, 0) is 11.2 Å². The highest BCUT2D eigenvalue weighted by atomic mass is 16.5. The van der Waals surface area contributed by atoms with Crippen molar-refractivity contribution in [3.63, 3.8) is 0 Å². The number of rotatable bonds is 6. The summed E-state index contributed by atoms with van der Waals surface area (Å²) < 4.78 is 11.4. The summed E-state index contributed by atoms with van der Waals surface area (Å²) in [6.07, 6.45) is 9.38. The first-order valence-corrected chi connectivity index (χ1v) is 10.8. The van der Waals surface area contributed by atoms with E-state index in [-0.39, 0.29) is 6.10 Å². The van der Waals surface area contributed by atoms with Gasteiger partial charge in [0.05, 0.1) is 36.4 Å². The largest absolute Gasteiger partial charge is 0.489 e. The van der Waals surface area contributed by atoms with Gasteiger partial charge in [0.2, 0.25) is 0 Å². The molecule has 8 heteroatoms. The molecule has 0 spiro atoms. The van der Waals surface area contributed by atoms with Gasteiger partial charge in [0.15, 0.2) is 0 Å². The van der Waals surface area contributed by atoms with E-state index in [4.69, 9.17) is 14.5 Å². The molecule has 1 saturated heterocycles. The van der Waals surface area contributed by atoms with Crippen LogP contribution in [0.2, 0.25) is 0 Å². The zero-order valence-corrected chi connectivity index (χ0v) is 17.9. The third kappa shape index (κ3) is 4.89. The number of hydrogen-bond acceptors (Lipinski definition) is 7. The van der Waals surface area contributed by atoms with E-state index < -0.39 is 0 Å². The molecule has 33 heavy (non-hydrogen) atoms. The van der Waals surface area contributed by atoms with E-state index in [1.165, 1.54) is 0 Å². The van der Waals surface area contributed by atoms with Gasteiger partial charge >= 0.3 is 0 Å². The minimum absolute atomic E-state index is 0.0784. The Morgan fingerprint density at radius 2 is 1.91 bits per heavy atom. The SMILES string of the molecule is N#Cc1cc(-c2ccnc(Cc3ccnc(-c4cn[nH]c4)c3)n2)ccc1OC1CCOCC1. The average Bonchev–Trinajstić information content (AvgIpc) is 3.41. The van der Waals surface area contributed by atoms with E-state index in [1.807, 2.05) is 42.6 Å². The van der Waals surface area contributed by atoms with Crippen LogP contribution in [0, 0.1) is 11.3 Å². The first-order chi connectivity index (χ1) is 16.3. The summed E-state index contributed by atoms with van der Waals surface area (Å²) in [5.74, 6) is 1.30. The fourth-order valence-corrected chi connectivity index (χ4v) is 3.81. The summed E-state index contributed by atoms with van der Waals surface area (Å²) in [5.41, 5.74) is 4.94. The summed E-state index contributed by atoms with van der Waals surface area (Å²) in [4.78, 5) is 13.6. The zero-order chi connectivity index (χ0) is 22.5. The molecule has 1 N–H and O–H groups in total. The van der Waals surface area contributed by atoms with Gasteiger partial charge in [-0.2, -0.15) is 10.4 Å². The number of H-pyrrole nitrogens is 1. The minimum Gasteiger partial charge on any atom is -0.489 e. The Hall–Kier alpha value is -4.09. The Morgan fingerprint density at radius 1 is 1.03 bits per heavy atom. The molecule has 1 fully saturated rings. The fraction of sp³-hybridized carbons (Fsp3) is 0.240. The lowest BCUT2D eigenvalue weighted by Gasteiger charge is -2.23. The maximum Gasteiger partial charge on any atom is 0.137 e. The van der Waals surface area contributed by atoms with Crippen LogP contribution < -0.4 is 4.74 Å². The predicted octanol–water partition coefficient (Wildman–Crippen LogP) is 3.95. The number of nitriles is 1. The Kier molecular flexibility index (Phi) is 6.04. The van der Waals surface area contributed by atoms with Crippen LogP contribution in [0.4, 0.5) is 0 Å². The van der Waals surface area contributed by atoms with E-state index in [0.29, 0.717) is 36.8 Å². The molecule has 0 radical (unpaired) electrons. The molecule has 0 atom stereocenters. The Bertz CT molecular complexity index is 1280. The summed E-state index contributed by atoms with van der Waals surface area (Å²) >= 11 is 0. The maximum absolute atomic E-state index is 9.67. The van der Waals surface area contributed by atoms with E-state index in [9.17, 15) is 5.26 Å². The normalized spacial score (nSPS) is 14.0. The summed E-state index contributed by atoms with van der Waals surface area (Å²) in [6.45, 7) is 1.38. The van der Waals surface area contributed by atoms with Crippen molar-refractivity contribution in [1.29, 1.82) is 5.26 Å². The average molecular weight is 438 g/mol. The summed E-state index contributed by atoms with van der Waals surface area (Å²) in [6, 6.07) is 13.7. The molecule has 1 aliphatic heterocycles.